The molecule has 1 aromatic heterocycles. The van der Waals surface area contributed by atoms with Gasteiger partial charge in [0.25, 0.3) is 11.5 Å². The molecule has 0 aliphatic carbocycles. The van der Waals surface area contributed by atoms with Crippen molar-refractivity contribution in [3.8, 4) is 11.4 Å². The lowest BCUT2D eigenvalue weighted by Crippen LogP contribution is -2.27. The molecule has 164 valence electrons. The number of fused-ring (bicyclic) bond motifs is 2. The zero-order valence-corrected chi connectivity index (χ0v) is 18.5. The van der Waals surface area contributed by atoms with Crippen LogP contribution in [-0.4, -0.2) is 29.1 Å². The maximum absolute atomic E-state index is 13.6. The highest BCUT2D eigenvalue weighted by Crippen LogP contribution is 2.37. The van der Waals surface area contributed by atoms with E-state index in [-0.39, 0.29) is 11.5 Å². The van der Waals surface area contributed by atoms with Crippen molar-refractivity contribution in [1.29, 1.82) is 0 Å². The van der Waals surface area contributed by atoms with E-state index in [1.807, 2.05) is 67.6 Å². The van der Waals surface area contributed by atoms with Crippen LogP contribution >= 0.6 is 0 Å². The molecular formula is C27H23N3O3. The summed E-state index contributed by atoms with van der Waals surface area (Å²) in [7, 11) is 1.58. The molecule has 6 nitrogen and oxygen atoms in total. The minimum absolute atomic E-state index is 0.0855. The lowest BCUT2D eigenvalue weighted by atomic mass is 10.1. The Hall–Kier alpha value is -4.19. The highest BCUT2D eigenvalue weighted by atomic mass is 16.5. The predicted octanol–water partition coefficient (Wildman–Crippen LogP) is 4.69. The Morgan fingerprint density at radius 2 is 1.76 bits per heavy atom. The first-order valence-electron chi connectivity index (χ1n) is 10.9. The molecule has 2 heterocycles. The fourth-order valence-corrected chi connectivity index (χ4v) is 4.27. The lowest BCUT2D eigenvalue weighted by Gasteiger charge is -2.15. The Balaban J connectivity index is 1.79. The molecule has 0 unspecified atom stereocenters. The smallest absolute Gasteiger partial charge is 0.266 e. The SMILES string of the molecule is CCCN1C(=O)C(=Cc2nc3ccccc3c(=O)n2-c2cccc(OC)c2)c2ccccc21. The van der Waals surface area contributed by atoms with E-state index in [1.54, 1.807) is 30.2 Å². The molecule has 0 fully saturated rings. The van der Waals surface area contributed by atoms with Gasteiger partial charge in [-0.15, -0.1) is 0 Å². The van der Waals surface area contributed by atoms with E-state index in [0.29, 0.717) is 40.3 Å². The molecule has 0 saturated carbocycles. The highest BCUT2D eigenvalue weighted by Gasteiger charge is 2.32. The Morgan fingerprint density at radius 3 is 2.58 bits per heavy atom. The number of benzene rings is 3. The molecule has 4 aromatic rings. The molecule has 0 saturated heterocycles. The van der Waals surface area contributed by atoms with Gasteiger partial charge in [-0.1, -0.05) is 43.3 Å². The van der Waals surface area contributed by atoms with E-state index in [0.717, 1.165) is 17.7 Å². The minimum Gasteiger partial charge on any atom is -0.497 e. The van der Waals surface area contributed by atoms with E-state index in [9.17, 15) is 9.59 Å². The number of nitrogens with zero attached hydrogens (tertiary/aromatic N) is 3. The molecule has 3 aromatic carbocycles. The number of methoxy groups -OCH3 is 1. The van der Waals surface area contributed by atoms with Gasteiger partial charge in [-0.3, -0.25) is 14.2 Å². The largest absolute Gasteiger partial charge is 0.497 e. The first kappa shape index (κ1) is 20.7. The summed E-state index contributed by atoms with van der Waals surface area (Å²) in [5.74, 6) is 0.934. The molecule has 0 spiro atoms. The summed E-state index contributed by atoms with van der Waals surface area (Å²) in [6.07, 6.45) is 2.57. The van der Waals surface area contributed by atoms with Gasteiger partial charge in [-0.05, 0) is 42.8 Å². The molecule has 0 atom stereocenters. The van der Waals surface area contributed by atoms with Gasteiger partial charge in [0.15, 0.2) is 0 Å². The zero-order chi connectivity index (χ0) is 22.9. The molecule has 6 heteroatoms. The fourth-order valence-electron chi connectivity index (χ4n) is 4.27. The van der Waals surface area contributed by atoms with Gasteiger partial charge >= 0.3 is 0 Å². The van der Waals surface area contributed by atoms with Crippen LogP contribution in [0.4, 0.5) is 5.69 Å². The van der Waals surface area contributed by atoms with Crippen molar-refractivity contribution in [2.24, 2.45) is 0 Å². The van der Waals surface area contributed by atoms with Gasteiger partial charge < -0.3 is 9.64 Å². The zero-order valence-electron chi connectivity index (χ0n) is 18.5. The van der Waals surface area contributed by atoms with Gasteiger partial charge in [-0.25, -0.2) is 4.98 Å². The number of para-hydroxylation sites is 2. The third kappa shape index (κ3) is 3.49. The number of amides is 1. The average Bonchev–Trinajstić information content (AvgIpc) is 3.10. The quantitative estimate of drug-likeness (QED) is 0.425. The number of hydrogen-bond acceptors (Lipinski definition) is 4. The Morgan fingerprint density at radius 1 is 0.970 bits per heavy atom. The van der Waals surface area contributed by atoms with Crippen molar-refractivity contribution in [1.82, 2.24) is 9.55 Å². The molecule has 0 bridgehead atoms. The monoisotopic (exact) mass is 437 g/mol. The number of carbonyl (C=O) groups excluding carboxylic acids is 1. The Kier molecular flexibility index (Phi) is 5.26. The Labute approximate surface area is 191 Å². The summed E-state index contributed by atoms with van der Waals surface area (Å²) < 4.78 is 6.91. The van der Waals surface area contributed by atoms with E-state index < -0.39 is 0 Å². The number of carbonyl (C=O) groups is 1. The number of rotatable bonds is 5. The van der Waals surface area contributed by atoms with Crippen molar-refractivity contribution >= 4 is 34.1 Å². The van der Waals surface area contributed by atoms with Crippen molar-refractivity contribution in [2.45, 2.75) is 13.3 Å². The first-order valence-corrected chi connectivity index (χ1v) is 10.9. The van der Waals surface area contributed by atoms with E-state index in [1.165, 1.54) is 4.57 Å². The van der Waals surface area contributed by atoms with Crippen molar-refractivity contribution in [2.75, 3.05) is 18.6 Å². The third-order valence-corrected chi connectivity index (χ3v) is 5.79. The Bertz CT molecular complexity index is 1470. The summed E-state index contributed by atoms with van der Waals surface area (Å²) in [5.41, 5.74) is 3.25. The number of hydrogen-bond donors (Lipinski definition) is 0. The minimum atomic E-state index is -0.204. The van der Waals surface area contributed by atoms with Crippen LogP contribution in [0.5, 0.6) is 5.75 Å². The average molecular weight is 437 g/mol. The maximum atomic E-state index is 13.6. The second-order valence-corrected chi connectivity index (χ2v) is 7.86. The number of anilines is 1. The van der Waals surface area contributed by atoms with Gasteiger partial charge in [-0.2, -0.15) is 0 Å². The van der Waals surface area contributed by atoms with E-state index in [4.69, 9.17) is 9.72 Å². The van der Waals surface area contributed by atoms with Crippen LogP contribution in [0.3, 0.4) is 0 Å². The van der Waals surface area contributed by atoms with Crippen LogP contribution in [0.2, 0.25) is 0 Å². The van der Waals surface area contributed by atoms with Gasteiger partial charge in [0.05, 0.1) is 35.0 Å². The number of ether oxygens (including phenoxy) is 1. The molecular weight excluding hydrogens is 414 g/mol. The second kappa shape index (κ2) is 8.39. The topological polar surface area (TPSA) is 64.4 Å². The molecule has 33 heavy (non-hydrogen) atoms. The van der Waals surface area contributed by atoms with Gasteiger partial charge in [0.1, 0.15) is 11.6 Å². The van der Waals surface area contributed by atoms with Crippen LogP contribution in [0, 0.1) is 0 Å². The van der Waals surface area contributed by atoms with Crippen LogP contribution < -0.4 is 15.2 Å². The van der Waals surface area contributed by atoms with E-state index >= 15 is 0 Å². The maximum Gasteiger partial charge on any atom is 0.266 e. The van der Waals surface area contributed by atoms with Crippen molar-refractivity contribution in [3.05, 3.63) is 94.5 Å². The normalized spacial score (nSPS) is 14.2. The second-order valence-electron chi connectivity index (χ2n) is 7.86. The standard InChI is InChI=1S/C27H23N3O3/c1-3-15-29-24-14-7-5-11-20(24)22(26(29)31)17-25-28-23-13-6-4-12-21(23)27(32)30(25)18-9-8-10-19(16-18)33-2/h4-14,16-17H,3,15H2,1-2H3. The van der Waals surface area contributed by atoms with E-state index in [2.05, 4.69) is 0 Å². The van der Waals surface area contributed by atoms with Crippen LogP contribution in [0.1, 0.15) is 24.7 Å². The predicted molar refractivity (Wildman–Crippen MR) is 131 cm³/mol. The fraction of sp³-hybridized carbons (Fsp3) is 0.148. The first-order chi connectivity index (χ1) is 16.1. The van der Waals surface area contributed by atoms with Crippen LogP contribution in [0.15, 0.2) is 77.6 Å². The summed E-state index contributed by atoms with van der Waals surface area (Å²) >= 11 is 0. The van der Waals surface area contributed by atoms with Crippen molar-refractivity contribution < 1.29 is 9.53 Å². The number of aromatic nitrogens is 2. The summed E-state index contributed by atoms with van der Waals surface area (Å²) in [5, 5.41) is 0.508. The van der Waals surface area contributed by atoms with Gasteiger partial charge in [0.2, 0.25) is 0 Å². The molecule has 0 N–H and O–H groups in total. The van der Waals surface area contributed by atoms with Crippen molar-refractivity contribution in [3.63, 3.8) is 0 Å². The highest BCUT2D eigenvalue weighted by molar-refractivity contribution is 6.35. The lowest BCUT2D eigenvalue weighted by molar-refractivity contribution is -0.113. The third-order valence-electron chi connectivity index (χ3n) is 5.79. The molecule has 1 aliphatic heterocycles. The molecule has 5 rings (SSSR count). The summed E-state index contributed by atoms with van der Waals surface area (Å²) in [6, 6.07) is 22.2. The molecule has 1 aliphatic rings. The van der Waals surface area contributed by atoms with Crippen LogP contribution in [-0.2, 0) is 4.79 Å². The van der Waals surface area contributed by atoms with Gasteiger partial charge in [0, 0.05) is 18.2 Å². The molecule has 1 amide bonds. The van der Waals surface area contributed by atoms with Crippen LogP contribution in [0.25, 0.3) is 28.2 Å². The molecule has 0 radical (unpaired) electrons. The summed E-state index contributed by atoms with van der Waals surface area (Å²) in [4.78, 5) is 33.5. The summed E-state index contributed by atoms with van der Waals surface area (Å²) in [6.45, 7) is 2.67.